The summed E-state index contributed by atoms with van der Waals surface area (Å²) in [5.41, 5.74) is 6.14. The smallest absolute Gasteiger partial charge is 0.340 e. The van der Waals surface area contributed by atoms with E-state index in [1.54, 1.807) is 17.4 Å². The number of aryl methyl sites for hydroxylation is 1. The minimum atomic E-state index is -3.98. The Morgan fingerprint density at radius 2 is 1.90 bits per heavy atom. The molecule has 31 heavy (non-hydrogen) atoms. The molecule has 0 saturated heterocycles. The molecule has 0 fully saturated rings. The molecular weight excluding hydrogens is 446 g/mol. The Kier molecular flexibility index (Phi) is 6.51. The highest BCUT2D eigenvalue weighted by atomic mass is 35.5. The number of nitrogens with two attached hydrogens (primary N) is 1. The first kappa shape index (κ1) is 22.6. The van der Waals surface area contributed by atoms with E-state index in [2.05, 4.69) is 0 Å². The molecule has 1 aliphatic heterocycles. The number of nitrogens with one attached hydrogen (secondary N) is 1. The summed E-state index contributed by atoms with van der Waals surface area (Å²) in [6.07, 6.45) is 0.0712. The second-order valence-corrected chi connectivity index (χ2v) is 9.12. The number of rotatable bonds is 5. The number of para-hydroxylation sites is 1. The highest BCUT2D eigenvalue weighted by Crippen LogP contribution is 2.33. The van der Waals surface area contributed by atoms with E-state index in [-0.39, 0.29) is 15.5 Å². The third-order valence-corrected chi connectivity index (χ3v) is 6.85. The maximum atomic E-state index is 13.3. The van der Waals surface area contributed by atoms with Crippen LogP contribution < -0.4 is 15.4 Å². The first-order valence-corrected chi connectivity index (χ1v) is 11.1. The topological polar surface area (TPSA) is 136 Å². The summed E-state index contributed by atoms with van der Waals surface area (Å²) in [6, 6.07) is 9.80. The molecule has 2 aromatic carbocycles. The molecule has 0 bridgehead atoms. The predicted molar refractivity (Wildman–Crippen MR) is 113 cm³/mol. The van der Waals surface area contributed by atoms with E-state index < -0.39 is 34.0 Å². The second kappa shape index (κ2) is 8.94. The SMILES string of the molecule is CC(OC(=O)c1cc(S(=O)(=O)N2CCCc3ccccc32)ccc1Cl)C(=O)NC(N)=O. The molecule has 0 spiro atoms. The number of imide groups is 1. The van der Waals surface area contributed by atoms with Crippen molar-refractivity contribution in [2.24, 2.45) is 5.73 Å². The Labute approximate surface area is 184 Å². The first-order valence-electron chi connectivity index (χ1n) is 9.32. The highest BCUT2D eigenvalue weighted by Gasteiger charge is 2.30. The van der Waals surface area contributed by atoms with Gasteiger partial charge in [-0.05, 0) is 49.6 Å². The summed E-state index contributed by atoms with van der Waals surface area (Å²) < 4.78 is 32.9. The van der Waals surface area contributed by atoms with Gasteiger partial charge in [-0.1, -0.05) is 29.8 Å². The molecule has 0 aliphatic carbocycles. The van der Waals surface area contributed by atoms with Crippen LogP contribution >= 0.6 is 11.6 Å². The van der Waals surface area contributed by atoms with Crippen LogP contribution in [-0.2, 0) is 26.0 Å². The van der Waals surface area contributed by atoms with Gasteiger partial charge in [0.2, 0.25) is 0 Å². The van der Waals surface area contributed by atoms with E-state index in [1.165, 1.54) is 23.4 Å². The number of benzene rings is 2. The molecule has 164 valence electrons. The maximum Gasteiger partial charge on any atom is 0.340 e. The van der Waals surface area contributed by atoms with Crippen LogP contribution in [0.2, 0.25) is 5.02 Å². The van der Waals surface area contributed by atoms with Crippen LogP contribution in [0.15, 0.2) is 47.4 Å². The Hall–Kier alpha value is -3.11. The summed E-state index contributed by atoms with van der Waals surface area (Å²) >= 11 is 6.07. The fourth-order valence-electron chi connectivity index (χ4n) is 3.20. The lowest BCUT2D eigenvalue weighted by Crippen LogP contribution is -2.42. The lowest BCUT2D eigenvalue weighted by Gasteiger charge is -2.30. The average Bonchev–Trinajstić information content (AvgIpc) is 2.72. The molecule has 1 aliphatic rings. The van der Waals surface area contributed by atoms with Crippen LogP contribution in [0.4, 0.5) is 10.5 Å². The number of primary amides is 1. The maximum absolute atomic E-state index is 13.3. The van der Waals surface area contributed by atoms with Crippen molar-refractivity contribution in [2.45, 2.75) is 30.8 Å². The van der Waals surface area contributed by atoms with Crippen LogP contribution in [0.5, 0.6) is 0 Å². The monoisotopic (exact) mass is 465 g/mol. The molecule has 0 saturated carbocycles. The number of nitrogens with zero attached hydrogens (tertiary/aromatic N) is 1. The quantitative estimate of drug-likeness (QED) is 0.650. The second-order valence-electron chi connectivity index (χ2n) is 6.85. The minimum absolute atomic E-state index is 0.0505. The third-order valence-electron chi connectivity index (χ3n) is 4.71. The van der Waals surface area contributed by atoms with E-state index in [4.69, 9.17) is 22.1 Å². The molecule has 9 nitrogen and oxygen atoms in total. The number of fused-ring (bicyclic) bond motifs is 1. The molecule has 3 N–H and O–H groups in total. The Bertz CT molecular complexity index is 1150. The molecule has 1 unspecified atom stereocenters. The number of ether oxygens (including phenoxy) is 1. The summed E-state index contributed by atoms with van der Waals surface area (Å²) in [4.78, 5) is 34.9. The molecule has 3 rings (SSSR count). The number of amides is 3. The van der Waals surface area contributed by atoms with E-state index in [1.807, 2.05) is 12.1 Å². The minimum Gasteiger partial charge on any atom is -0.449 e. The van der Waals surface area contributed by atoms with Gasteiger partial charge in [-0.25, -0.2) is 18.0 Å². The van der Waals surface area contributed by atoms with Gasteiger partial charge in [-0.2, -0.15) is 0 Å². The molecule has 0 aromatic heterocycles. The van der Waals surface area contributed by atoms with Crippen molar-refractivity contribution in [2.75, 3.05) is 10.8 Å². The molecule has 1 atom stereocenters. The number of halogens is 1. The van der Waals surface area contributed by atoms with Crippen molar-refractivity contribution in [1.82, 2.24) is 5.32 Å². The standard InChI is InChI=1S/C20H20ClN3O6S/c1-12(18(25)23-20(22)27)30-19(26)15-11-14(8-9-16(15)21)31(28,29)24-10-4-6-13-5-2-3-7-17(13)24/h2-3,5,7-9,11-12H,4,6,10H2,1H3,(H3,22,23,25,27). The fraction of sp³-hybridized carbons (Fsp3) is 0.250. The van der Waals surface area contributed by atoms with Crippen LogP contribution in [0.3, 0.4) is 0 Å². The van der Waals surface area contributed by atoms with Crippen molar-refractivity contribution >= 4 is 45.2 Å². The first-order chi connectivity index (χ1) is 14.6. The van der Waals surface area contributed by atoms with Gasteiger partial charge in [0, 0.05) is 6.54 Å². The Morgan fingerprint density at radius 1 is 1.19 bits per heavy atom. The van der Waals surface area contributed by atoms with E-state index in [9.17, 15) is 22.8 Å². The van der Waals surface area contributed by atoms with Gasteiger partial charge < -0.3 is 10.5 Å². The van der Waals surface area contributed by atoms with Crippen molar-refractivity contribution < 1.29 is 27.5 Å². The summed E-state index contributed by atoms with van der Waals surface area (Å²) in [6.45, 7) is 1.53. The van der Waals surface area contributed by atoms with Gasteiger partial charge in [-0.3, -0.25) is 14.4 Å². The summed E-state index contributed by atoms with van der Waals surface area (Å²) in [7, 11) is -3.98. The van der Waals surface area contributed by atoms with Gasteiger partial charge in [0.05, 0.1) is 21.2 Å². The van der Waals surface area contributed by atoms with Gasteiger partial charge in [0.1, 0.15) is 0 Å². The molecule has 11 heteroatoms. The van der Waals surface area contributed by atoms with Crippen LogP contribution in [0.1, 0.15) is 29.3 Å². The average molecular weight is 466 g/mol. The normalized spacial score (nSPS) is 14.3. The predicted octanol–water partition coefficient (Wildman–Crippen LogP) is 2.22. The molecule has 0 radical (unpaired) electrons. The van der Waals surface area contributed by atoms with Crippen molar-refractivity contribution in [1.29, 1.82) is 0 Å². The van der Waals surface area contributed by atoms with Crippen molar-refractivity contribution in [3.8, 4) is 0 Å². The van der Waals surface area contributed by atoms with E-state index in [0.717, 1.165) is 18.1 Å². The summed E-state index contributed by atoms with van der Waals surface area (Å²) in [5, 5.41) is 1.74. The molecular formula is C20H20ClN3O6S. The number of urea groups is 1. The number of esters is 1. The highest BCUT2D eigenvalue weighted by molar-refractivity contribution is 7.92. The zero-order valence-electron chi connectivity index (χ0n) is 16.5. The number of hydrogen-bond acceptors (Lipinski definition) is 6. The van der Waals surface area contributed by atoms with Crippen LogP contribution in [0.25, 0.3) is 0 Å². The fourth-order valence-corrected chi connectivity index (χ4v) is 4.96. The van der Waals surface area contributed by atoms with Crippen LogP contribution in [0, 0.1) is 0 Å². The number of hydrogen-bond donors (Lipinski definition) is 2. The lowest BCUT2D eigenvalue weighted by molar-refractivity contribution is -0.127. The molecule has 3 amide bonds. The lowest BCUT2D eigenvalue weighted by atomic mass is 10.0. The van der Waals surface area contributed by atoms with Gasteiger partial charge >= 0.3 is 12.0 Å². The number of sulfonamides is 1. The van der Waals surface area contributed by atoms with E-state index in [0.29, 0.717) is 18.7 Å². The molecule has 2 aromatic rings. The number of anilines is 1. The van der Waals surface area contributed by atoms with E-state index >= 15 is 0 Å². The molecule has 1 heterocycles. The number of carbonyl (C=O) groups is 3. The van der Waals surface area contributed by atoms with Crippen LogP contribution in [-0.4, -0.2) is 39.0 Å². The zero-order valence-corrected chi connectivity index (χ0v) is 18.1. The Balaban J connectivity index is 1.90. The van der Waals surface area contributed by atoms with Gasteiger partial charge in [-0.15, -0.1) is 0 Å². The van der Waals surface area contributed by atoms with Gasteiger partial charge in [0.25, 0.3) is 15.9 Å². The van der Waals surface area contributed by atoms with Crippen molar-refractivity contribution in [3.63, 3.8) is 0 Å². The van der Waals surface area contributed by atoms with Gasteiger partial charge in [0.15, 0.2) is 6.10 Å². The zero-order chi connectivity index (χ0) is 22.8. The summed E-state index contributed by atoms with van der Waals surface area (Å²) in [5.74, 6) is -1.95. The largest absolute Gasteiger partial charge is 0.449 e. The third kappa shape index (κ3) is 4.80. The Morgan fingerprint density at radius 3 is 2.61 bits per heavy atom. The number of carbonyl (C=O) groups excluding carboxylic acids is 3. The van der Waals surface area contributed by atoms with Crippen molar-refractivity contribution in [3.05, 3.63) is 58.6 Å².